The Morgan fingerprint density at radius 2 is 1.63 bits per heavy atom. The SMILES string of the molecule is CC(C)=C(/C=C(/C(=O)NC1CCC(Nc2nc(N(C)C)c3ccccc3n2)CC1)N(C)C)C(C)C. The number of benzene rings is 1. The van der Waals surface area contributed by atoms with Crippen molar-refractivity contribution in [1.29, 1.82) is 0 Å². The molecular weight excluding hydrogens is 436 g/mol. The van der Waals surface area contributed by atoms with E-state index >= 15 is 0 Å². The van der Waals surface area contributed by atoms with Gasteiger partial charge in [0.05, 0.1) is 5.52 Å². The topological polar surface area (TPSA) is 73.4 Å². The Balaban J connectivity index is 1.64. The number of likely N-dealkylation sites (N-methyl/N-ethyl adjacent to an activating group) is 1. The summed E-state index contributed by atoms with van der Waals surface area (Å²) in [6, 6.07) is 8.57. The van der Waals surface area contributed by atoms with Crippen LogP contribution in [0, 0.1) is 5.92 Å². The predicted octanol–water partition coefficient (Wildman–Crippen LogP) is 4.97. The van der Waals surface area contributed by atoms with Gasteiger partial charge in [-0.1, -0.05) is 31.6 Å². The fourth-order valence-electron chi connectivity index (χ4n) is 4.72. The van der Waals surface area contributed by atoms with Crippen molar-refractivity contribution in [2.45, 2.75) is 65.5 Å². The molecule has 0 radical (unpaired) electrons. The number of nitrogens with zero attached hydrogens (tertiary/aromatic N) is 4. The zero-order valence-corrected chi connectivity index (χ0v) is 22.6. The molecular formula is C28H42N6O. The van der Waals surface area contributed by atoms with Gasteiger partial charge in [0.25, 0.3) is 5.91 Å². The number of amides is 1. The molecule has 1 amide bonds. The number of allylic oxidation sites excluding steroid dienone is 3. The number of carbonyl (C=O) groups is 1. The molecule has 1 aromatic heterocycles. The summed E-state index contributed by atoms with van der Waals surface area (Å²) in [6.45, 7) is 8.54. The second-order valence-electron chi connectivity index (χ2n) is 10.5. The lowest BCUT2D eigenvalue weighted by atomic mass is 9.91. The van der Waals surface area contributed by atoms with Crippen molar-refractivity contribution in [3.63, 3.8) is 0 Å². The molecule has 7 heteroatoms. The number of anilines is 2. The number of carbonyl (C=O) groups excluding carboxylic acids is 1. The lowest BCUT2D eigenvalue weighted by molar-refractivity contribution is -0.119. The molecule has 2 N–H and O–H groups in total. The first kappa shape index (κ1) is 26.5. The highest BCUT2D eigenvalue weighted by atomic mass is 16.2. The van der Waals surface area contributed by atoms with Crippen molar-refractivity contribution in [3.8, 4) is 0 Å². The van der Waals surface area contributed by atoms with Crippen LogP contribution in [0.1, 0.15) is 53.4 Å². The third kappa shape index (κ3) is 6.74. The van der Waals surface area contributed by atoms with E-state index in [0.717, 1.165) is 42.4 Å². The quantitative estimate of drug-likeness (QED) is 0.412. The lowest BCUT2D eigenvalue weighted by Gasteiger charge is -2.31. The van der Waals surface area contributed by atoms with Crippen molar-refractivity contribution in [2.75, 3.05) is 38.4 Å². The van der Waals surface area contributed by atoms with Gasteiger partial charge in [-0.3, -0.25) is 4.79 Å². The molecule has 1 aliphatic rings. The normalized spacial score (nSPS) is 18.4. The summed E-state index contributed by atoms with van der Waals surface area (Å²) in [5, 5.41) is 7.87. The highest BCUT2D eigenvalue weighted by Crippen LogP contribution is 2.27. The van der Waals surface area contributed by atoms with Crippen LogP contribution in [0.2, 0.25) is 0 Å². The molecule has 7 nitrogen and oxygen atoms in total. The van der Waals surface area contributed by atoms with E-state index < -0.39 is 0 Å². The maximum absolute atomic E-state index is 13.1. The maximum Gasteiger partial charge on any atom is 0.267 e. The van der Waals surface area contributed by atoms with E-state index in [9.17, 15) is 4.79 Å². The minimum absolute atomic E-state index is 0.000651. The first-order valence-corrected chi connectivity index (χ1v) is 12.6. The number of hydrogen-bond donors (Lipinski definition) is 2. The van der Waals surface area contributed by atoms with Crippen LogP contribution in [0.4, 0.5) is 11.8 Å². The van der Waals surface area contributed by atoms with Gasteiger partial charge in [0.2, 0.25) is 5.95 Å². The molecule has 35 heavy (non-hydrogen) atoms. The summed E-state index contributed by atoms with van der Waals surface area (Å²) in [4.78, 5) is 26.6. The van der Waals surface area contributed by atoms with Gasteiger partial charge in [0.1, 0.15) is 11.5 Å². The number of nitrogens with one attached hydrogen (secondary N) is 2. The molecule has 0 atom stereocenters. The number of para-hydroxylation sites is 1. The Labute approximate surface area is 210 Å². The summed E-state index contributed by atoms with van der Waals surface area (Å²) in [5.41, 5.74) is 4.10. The molecule has 0 bridgehead atoms. The van der Waals surface area contributed by atoms with E-state index in [4.69, 9.17) is 9.97 Å². The van der Waals surface area contributed by atoms with Gasteiger partial charge in [0.15, 0.2) is 0 Å². The molecule has 1 heterocycles. The van der Waals surface area contributed by atoms with Gasteiger partial charge >= 0.3 is 0 Å². The van der Waals surface area contributed by atoms with Crippen LogP contribution < -0.4 is 15.5 Å². The largest absolute Gasteiger partial charge is 0.373 e. The van der Waals surface area contributed by atoms with Crippen LogP contribution in [0.25, 0.3) is 10.9 Å². The predicted molar refractivity (Wildman–Crippen MR) is 147 cm³/mol. The average molecular weight is 479 g/mol. The minimum atomic E-state index is -0.000651. The zero-order chi connectivity index (χ0) is 25.7. The maximum atomic E-state index is 13.1. The molecule has 2 aromatic rings. The first-order valence-electron chi connectivity index (χ1n) is 12.6. The minimum Gasteiger partial charge on any atom is -0.373 e. The van der Waals surface area contributed by atoms with Gasteiger partial charge in [-0.2, -0.15) is 4.98 Å². The van der Waals surface area contributed by atoms with Gasteiger partial charge in [0, 0.05) is 45.7 Å². The molecule has 0 unspecified atom stereocenters. The van der Waals surface area contributed by atoms with Crippen LogP contribution in [-0.4, -0.2) is 61.0 Å². The van der Waals surface area contributed by atoms with Crippen LogP contribution in [-0.2, 0) is 4.79 Å². The van der Waals surface area contributed by atoms with E-state index in [0.29, 0.717) is 23.6 Å². The van der Waals surface area contributed by atoms with Crippen LogP contribution in [0.5, 0.6) is 0 Å². The molecule has 1 aliphatic carbocycles. The smallest absolute Gasteiger partial charge is 0.267 e. The van der Waals surface area contributed by atoms with E-state index in [2.05, 4.69) is 44.4 Å². The standard InChI is InChI=1S/C28H42N6O/c1-18(2)23(19(3)4)17-25(33(5)6)27(35)29-20-13-15-21(16-14-20)30-28-31-24-12-10-9-11-22(24)26(32-28)34(7)8/h9-12,17-18,20-21H,13-16H2,1-8H3,(H,29,35)(H,30,31,32)/b25-17-. The summed E-state index contributed by atoms with van der Waals surface area (Å²) >= 11 is 0. The summed E-state index contributed by atoms with van der Waals surface area (Å²) in [5.74, 6) is 1.95. The fraction of sp³-hybridized carbons (Fsp3) is 0.536. The van der Waals surface area contributed by atoms with E-state index in [-0.39, 0.29) is 11.9 Å². The molecule has 3 rings (SSSR count). The molecule has 1 aromatic carbocycles. The Morgan fingerprint density at radius 1 is 1.00 bits per heavy atom. The third-order valence-electron chi connectivity index (χ3n) is 6.61. The van der Waals surface area contributed by atoms with Crippen LogP contribution >= 0.6 is 0 Å². The van der Waals surface area contributed by atoms with Crippen LogP contribution in [0.15, 0.2) is 47.2 Å². The zero-order valence-electron chi connectivity index (χ0n) is 22.6. The van der Waals surface area contributed by atoms with Crippen molar-refractivity contribution in [1.82, 2.24) is 20.2 Å². The second kappa shape index (κ2) is 11.6. The Morgan fingerprint density at radius 3 is 2.20 bits per heavy atom. The van der Waals surface area contributed by atoms with E-state index in [1.807, 2.05) is 62.3 Å². The Bertz CT molecular complexity index is 1090. The molecule has 1 saturated carbocycles. The number of aromatic nitrogens is 2. The first-order chi connectivity index (χ1) is 16.6. The highest BCUT2D eigenvalue weighted by molar-refractivity contribution is 5.93. The van der Waals surface area contributed by atoms with Crippen molar-refractivity contribution < 1.29 is 4.79 Å². The van der Waals surface area contributed by atoms with Gasteiger partial charge in [-0.15, -0.1) is 0 Å². The molecule has 0 spiro atoms. The molecule has 0 saturated heterocycles. The summed E-state index contributed by atoms with van der Waals surface area (Å²) in [6.07, 6.45) is 5.83. The fourth-order valence-corrected chi connectivity index (χ4v) is 4.72. The third-order valence-corrected chi connectivity index (χ3v) is 6.61. The monoisotopic (exact) mass is 478 g/mol. The van der Waals surface area contributed by atoms with Crippen molar-refractivity contribution in [3.05, 3.63) is 47.2 Å². The van der Waals surface area contributed by atoms with Crippen molar-refractivity contribution >= 4 is 28.6 Å². The second-order valence-corrected chi connectivity index (χ2v) is 10.5. The van der Waals surface area contributed by atoms with Gasteiger partial charge in [-0.25, -0.2) is 4.98 Å². The van der Waals surface area contributed by atoms with Crippen molar-refractivity contribution in [2.24, 2.45) is 5.92 Å². The van der Waals surface area contributed by atoms with Gasteiger partial charge < -0.3 is 20.4 Å². The molecule has 0 aliphatic heterocycles. The highest BCUT2D eigenvalue weighted by Gasteiger charge is 2.25. The number of hydrogen-bond acceptors (Lipinski definition) is 6. The summed E-state index contributed by atoms with van der Waals surface area (Å²) < 4.78 is 0. The van der Waals surface area contributed by atoms with Gasteiger partial charge in [-0.05, 0) is 69.2 Å². The van der Waals surface area contributed by atoms with E-state index in [1.165, 1.54) is 11.1 Å². The lowest BCUT2D eigenvalue weighted by Crippen LogP contribution is -2.42. The number of fused-ring (bicyclic) bond motifs is 1. The molecule has 190 valence electrons. The van der Waals surface area contributed by atoms with E-state index in [1.54, 1.807) is 0 Å². The Kier molecular flexibility index (Phi) is 8.76. The average Bonchev–Trinajstić information content (AvgIpc) is 2.79. The number of rotatable bonds is 8. The molecule has 1 fully saturated rings. The summed E-state index contributed by atoms with van der Waals surface area (Å²) in [7, 11) is 7.87. The van der Waals surface area contributed by atoms with Crippen LogP contribution in [0.3, 0.4) is 0 Å². The Hall–Kier alpha value is -3.09.